The number of rotatable bonds is 7. The standard InChI is InChI=1S/C18H15ClN6O3S/c1-12-21-23-18(24(12)14-5-3-2-4-6-14)29-11-17(26)22-20-10-13-7-8-16(25(27)28)15(19)9-13/h2-10H,11H2,1H3,(H,22,26)/b20-10-. The number of hydrogen-bond donors (Lipinski definition) is 1. The van der Waals surface area contributed by atoms with Crippen LogP contribution in [0, 0.1) is 17.0 Å². The Kier molecular flexibility index (Phi) is 6.57. The van der Waals surface area contributed by atoms with Gasteiger partial charge in [0, 0.05) is 11.8 Å². The summed E-state index contributed by atoms with van der Waals surface area (Å²) in [6.45, 7) is 1.84. The molecule has 0 saturated heterocycles. The molecule has 1 heterocycles. The van der Waals surface area contributed by atoms with Crippen molar-refractivity contribution in [3.63, 3.8) is 0 Å². The first kappa shape index (κ1) is 20.5. The number of hydrazone groups is 1. The molecule has 0 aliphatic heterocycles. The van der Waals surface area contributed by atoms with Gasteiger partial charge in [-0.05, 0) is 36.8 Å². The van der Waals surface area contributed by atoms with E-state index in [1.165, 1.54) is 36.2 Å². The molecule has 1 amide bonds. The number of para-hydroxylation sites is 1. The maximum Gasteiger partial charge on any atom is 0.287 e. The molecule has 0 atom stereocenters. The Labute approximate surface area is 174 Å². The summed E-state index contributed by atoms with van der Waals surface area (Å²) in [4.78, 5) is 22.2. The van der Waals surface area contributed by atoms with Crippen molar-refractivity contribution in [3.05, 3.63) is 75.1 Å². The third-order valence-electron chi connectivity index (χ3n) is 3.71. The highest BCUT2D eigenvalue weighted by atomic mass is 35.5. The molecule has 1 N–H and O–H groups in total. The van der Waals surface area contributed by atoms with Crippen LogP contribution in [0.5, 0.6) is 0 Å². The van der Waals surface area contributed by atoms with Crippen LogP contribution in [0.1, 0.15) is 11.4 Å². The second kappa shape index (κ2) is 9.30. The molecule has 0 spiro atoms. The van der Waals surface area contributed by atoms with E-state index in [4.69, 9.17) is 11.6 Å². The van der Waals surface area contributed by atoms with Crippen LogP contribution in [-0.4, -0.2) is 37.6 Å². The number of amides is 1. The van der Waals surface area contributed by atoms with Crippen molar-refractivity contribution >= 4 is 41.2 Å². The Hall–Kier alpha value is -3.24. The van der Waals surface area contributed by atoms with Crippen LogP contribution in [-0.2, 0) is 4.79 Å². The minimum absolute atomic E-state index is 0.00329. The van der Waals surface area contributed by atoms with Gasteiger partial charge < -0.3 is 0 Å². The van der Waals surface area contributed by atoms with Gasteiger partial charge in [0.05, 0.1) is 16.9 Å². The highest BCUT2D eigenvalue weighted by molar-refractivity contribution is 7.99. The number of nitro benzene ring substituents is 1. The Balaban J connectivity index is 1.58. The number of carbonyl (C=O) groups excluding carboxylic acids is 1. The molecule has 3 aromatic rings. The molecule has 9 nitrogen and oxygen atoms in total. The molecular weight excluding hydrogens is 416 g/mol. The van der Waals surface area contributed by atoms with Gasteiger partial charge in [-0.15, -0.1) is 10.2 Å². The van der Waals surface area contributed by atoms with Crippen molar-refractivity contribution in [1.29, 1.82) is 0 Å². The Morgan fingerprint density at radius 3 is 2.76 bits per heavy atom. The number of nitro groups is 1. The summed E-state index contributed by atoms with van der Waals surface area (Å²) < 4.78 is 1.86. The topological polar surface area (TPSA) is 115 Å². The summed E-state index contributed by atoms with van der Waals surface area (Å²) in [5.74, 6) is 0.468. The van der Waals surface area contributed by atoms with Crippen molar-refractivity contribution in [2.45, 2.75) is 12.1 Å². The molecule has 0 fully saturated rings. The molecule has 11 heteroatoms. The second-order valence-corrected chi connectivity index (χ2v) is 7.10. The summed E-state index contributed by atoms with van der Waals surface area (Å²) in [6.07, 6.45) is 1.36. The average Bonchev–Trinajstić information content (AvgIpc) is 3.07. The molecule has 0 unspecified atom stereocenters. The zero-order chi connectivity index (χ0) is 20.8. The first-order chi connectivity index (χ1) is 14.0. The minimum atomic E-state index is -0.571. The number of hydrogen-bond acceptors (Lipinski definition) is 7. The summed E-state index contributed by atoms with van der Waals surface area (Å²) >= 11 is 7.07. The van der Waals surface area contributed by atoms with Crippen molar-refractivity contribution < 1.29 is 9.72 Å². The van der Waals surface area contributed by atoms with E-state index in [0.717, 1.165) is 5.69 Å². The van der Waals surface area contributed by atoms with Crippen molar-refractivity contribution in [2.75, 3.05) is 5.75 Å². The van der Waals surface area contributed by atoms with Crippen molar-refractivity contribution in [1.82, 2.24) is 20.2 Å². The number of halogens is 1. The lowest BCUT2D eigenvalue weighted by atomic mass is 10.2. The van der Waals surface area contributed by atoms with Crippen LogP contribution >= 0.6 is 23.4 Å². The normalized spacial score (nSPS) is 11.0. The number of aromatic nitrogens is 3. The highest BCUT2D eigenvalue weighted by Gasteiger charge is 2.13. The maximum absolute atomic E-state index is 12.1. The van der Waals surface area contributed by atoms with Crippen LogP contribution in [0.3, 0.4) is 0 Å². The molecular formula is C18H15ClN6O3S. The Bertz CT molecular complexity index is 1070. The monoisotopic (exact) mass is 430 g/mol. The number of thioether (sulfide) groups is 1. The van der Waals surface area contributed by atoms with Gasteiger partial charge in [-0.3, -0.25) is 19.5 Å². The maximum atomic E-state index is 12.1. The predicted octanol–water partition coefficient (Wildman–Crippen LogP) is 3.38. The summed E-state index contributed by atoms with van der Waals surface area (Å²) in [5.41, 5.74) is 3.64. The fourth-order valence-electron chi connectivity index (χ4n) is 2.40. The van der Waals surface area contributed by atoms with Crippen LogP contribution < -0.4 is 5.43 Å². The summed E-state index contributed by atoms with van der Waals surface area (Å²) in [5, 5.41) is 23.4. The quantitative estimate of drug-likeness (QED) is 0.266. The number of aryl methyl sites for hydroxylation is 1. The van der Waals surface area contributed by atoms with Crippen LogP contribution in [0.25, 0.3) is 5.69 Å². The van der Waals surface area contributed by atoms with Gasteiger partial charge in [0.25, 0.3) is 11.6 Å². The Morgan fingerprint density at radius 2 is 2.07 bits per heavy atom. The Morgan fingerprint density at radius 1 is 1.31 bits per heavy atom. The zero-order valence-electron chi connectivity index (χ0n) is 15.2. The zero-order valence-corrected chi connectivity index (χ0v) is 16.7. The lowest BCUT2D eigenvalue weighted by molar-refractivity contribution is -0.384. The molecule has 0 bridgehead atoms. The van der Waals surface area contributed by atoms with Crippen molar-refractivity contribution in [2.24, 2.45) is 5.10 Å². The largest absolute Gasteiger partial charge is 0.287 e. The minimum Gasteiger partial charge on any atom is -0.274 e. The van der Waals surface area contributed by atoms with Gasteiger partial charge >= 0.3 is 0 Å². The smallest absolute Gasteiger partial charge is 0.274 e. The number of nitrogens with zero attached hydrogens (tertiary/aromatic N) is 5. The van der Waals surface area contributed by atoms with Crippen molar-refractivity contribution in [3.8, 4) is 5.69 Å². The van der Waals surface area contributed by atoms with E-state index in [2.05, 4.69) is 20.7 Å². The third kappa shape index (κ3) is 5.18. The van der Waals surface area contributed by atoms with E-state index >= 15 is 0 Å². The van der Waals surface area contributed by atoms with Gasteiger partial charge in [-0.1, -0.05) is 41.6 Å². The van der Waals surface area contributed by atoms with Crippen LogP contribution in [0.4, 0.5) is 5.69 Å². The molecule has 29 heavy (non-hydrogen) atoms. The highest BCUT2D eigenvalue weighted by Crippen LogP contribution is 2.24. The third-order valence-corrected chi connectivity index (χ3v) is 4.94. The fraction of sp³-hybridized carbons (Fsp3) is 0.111. The van der Waals surface area contributed by atoms with E-state index in [-0.39, 0.29) is 22.4 Å². The SMILES string of the molecule is Cc1nnc(SCC(=O)N/N=C\c2ccc([N+](=O)[O-])c(Cl)c2)n1-c1ccccc1. The molecule has 3 rings (SSSR count). The molecule has 0 aliphatic carbocycles. The summed E-state index contributed by atoms with van der Waals surface area (Å²) in [6, 6.07) is 13.8. The fourth-order valence-corrected chi connectivity index (χ4v) is 3.45. The molecule has 2 aromatic carbocycles. The van der Waals surface area contributed by atoms with E-state index < -0.39 is 4.92 Å². The predicted molar refractivity (Wildman–Crippen MR) is 111 cm³/mol. The first-order valence-corrected chi connectivity index (χ1v) is 9.68. The summed E-state index contributed by atoms with van der Waals surface area (Å²) in [7, 11) is 0. The van der Waals surface area contributed by atoms with Gasteiger partial charge in [-0.2, -0.15) is 5.10 Å². The van der Waals surface area contributed by atoms with Crippen LogP contribution in [0.15, 0.2) is 58.8 Å². The van der Waals surface area contributed by atoms with Gasteiger partial charge in [0.2, 0.25) is 0 Å². The van der Waals surface area contributed by atoms with Crippen LogP contribution in [0.2, 0.25) is 5.02 Å². The lowest BCUT2D eigenvalue weighted by Gasteiger charge is -2.07. The molecule has 0 saturated carbocycles. The van der Waals surface area contributed by atoms with E-state index in [1.807, 2.05) is 41.8 Å². The number of benzene rings is 2. The average molecular weight is 431 g/mol. The second-order valence-electron chi connectivity index (χ2n) is 5.75. The van der Waals surface area contributed by atoms with E-state index in [0.29, 0.717) is 16.5 Å². The first-order valence-electron chi connectivity index (χ1n) is 8.32. The lowest BCUT2D eigenvalue weighted by Crippen LogP contribution is -2.20. The molecule has 1 aromatic heterocycles. The van der Waals surface area contributed by atoms with Gasteiger partial charge in [0.1, 0.15) is 10.8 Å². The van der Waals surface area contributed by atoms with E-state index in [9.17, 15) is 14.9 Å². The van der Waals surface area contributed by atoms with E-state index in [1.54, 1.807) is 0 Å². The number of carbonyl (C=O) groups is 1. The molecule has 0 radical (unpaired) electrons. The van der Waals surface area contributed by atoms with Gasteiger partial charge in [0.15, 0.2) is 5.16 Å². The molecule has 0 aliphatic rings. The number of nitrogens with one attached hydrogen (secondary N) is 1. The molecule has 148 valence electrons. The van der Waals surface area contributed by atoms with Gasteiger partial charge in [-0.25, -0.2) is 5.43 Å².